The van der Waals surface area contributed by atoms with E-state index < -0.39 is 17.4 Å². The largest absolute Gasteiger partial charge is 0.480 e. The van der Waals surface area contributed by atoms with Crippen molar-refractivity contribution in [3.63, 3.8) is 0 Å². The topological polar surface area (TPSA) is 66.4 Å². The van der Waals surface area contributed by atoms with Gasteiger partial charge in [-0.3, -0.25) is 4.79 Å². The first kappa shape index (κ1) is 14.2. The van der Waals surface area contributed by atoms with Gasteiger partial charge < -0.3 is 10.4 Å². The van der Waals surface area contributed by atoms with Gasteiger partial charge in [0, 0.05) is 5.56 Å². The summed E-state index contributed by atoms with van der Waals surface area (Å²) < 4.78 is 0. The lowest BCUT2D eigenvalue weighted by Crippen LogP contribution is -2.49. The third kappa shape index (κ3) is 3.58. The maximum Gasteiger partial charge on any atom is 0.326 e. The number of hydrogen-bond donors (Lipinski definition) is 2. The van der Waals surface area contributed by atoms with Crippen molar-refractivity contribution < 1.29 is 14.7 Å². The zero-order valence-electron chi connectivity index (χ0n) is 11.2. The molecule has 4 heteroatoms. The molecule has 0 saturated carbocycles. The number of carbonyl (C=O) groups excluding carboxylic acids is 1. The Balaban J connectivity index is 2.89. The van der Waals surface area contributed by atoms with E-state index in [1.165, 1.54) is 0 Å². The molecule has 1 aromatic rings. The molecule has 0 aliphatic heterocycles. The fourth-order valence-corrected chi connectivity index (χ4v) is 1.65. The zero-order chi connectivity index (χ0) is 13.9. The molecule has 0 aromatic heterocycles. The Morgan fingerprint density at radius 1 is 1.28 bits per heavy atom. The molecule has 0 radical (unpaired) electrons. The highest BCUT2D eigenvalue weighted by molar-refractivity contribution is 5.96. The predicted octanol–water partition coefficient (Wildman–Crippen LogP) is 2.22. The van der Waals surface area contributed by atoms with Gasteiger partial charge in [0.05, 0.1) is 0 Å². The summed E-state index contributed by atoms with van der Waals surface area (Å²) >= 11 is 0. The van der Waals surface area contributed by atoms with Crippen LogP contribution in [0.5, 0.6) is 0 Å². The van der Waals surface area contributed by atoms with Crippen molar-refractivity contribution in [2.75, 3.05) is 0 Å². The fourth-order valence-electron chi connectivity index (χ4n) is 1.65. The summed E-state index contributed by atoms with van der Waals surface area (Å²) in [4.78, 5) is 23.1. The van der Waals surface area contributed by atoms with Crippen molar-refractivity contribution in [1.82, 2.24) is 5.32 Å². The number of carbonyl (C=O) groups is 2. The van der Waals surface area contributed by atoms with Crippen molar-refractivity contribution in [1.29, 1.82) is 0 Å². The second kappa shape index (κ2) is 5.21. The van der Waals surface area contributed by atoms with Gasteiger partial charge in [-0.05, 0) is 24.5 Å². The maximum atomic E-state index is 12.0. The van der Waals surface area contributed by atoms with Crippen LogP contribution in [0.15, 0.2) is 24.3 Å². The minimum atomic E-state index is -1.02. The number of rotatable bonds is 3. The summed E-state index contributed by atoms with van der Waals surface area (Å²) in [5.41, 5.74) is 0.904. The van der Waals surface area contributed by atoms with Crippen molar-refractivity contribution in [2.45, 2.75) is 33.7 Å². The van der Waals surface area contributed by atoms with Crippen LogP contribution in [-0.2, 0) is 4.79 Å². The van der Waals surface area contributed by atoms with Crippen LogP contribution in [0.1, 0.15) is 36.7 Å². The van der Waals surface area contributed by atoms with Gasteiger partial charge >= 0.3 is 5.97 Å². The summed E-state index contributed by atoms with van der Waals surface area (Å²) in [5.74, 6) is -1.38. The van der Waals surface area contributed by atoms with Crippen molar-refractivity contribution in [2.24, 2.45) is 5.41 Å². The lowest BCUT2D eigenvalue weighted by molar-refractivity contribution is -0.142. The standard InChI is InChI=1S/C14H19NO3/c1-9-6-5-7-10(8-9)12(16)15-11(13(17)18)14(2,3)4/h5-8,11H,1-4H3,(H,15,16)(H,17,18). The molecule has 1 atom stereocenters. The quantitative estimate of drug-likeness (QED) is 0.863. The molecule has 1 unspecified atom stereocenters. The van der Waals surface area contributed by atoms with Gasteiger partial charge in [0.25, 0.3) is 5.91 Å². The van der Waals surface area contributed by atoms with E-state index in [9.17, 15) is 9.59 Å². The Labute approximate surface area is 107 Å². The van der Waals surface area contributed by atoms with Gasteiger partial charge in [0.1, 0.15) is 6.04 Å². The van der Waals surface area contributed by atoms with Crippen LogP contribution in [0.4, 0.5) is 0 Å². The Morgan fingerprint density at radius 3 is 2.33 bits per heavy atom. The second-order valence-corrected chi connectivity index (χ2v) is 5.48. The summed E-state index contributed by atoms with van der Waals surface area (Å²) in [6, 6.07) is 6.15. The van der Waals surface area contributed by atoms with E-state index in [4.69, 9.17) is 5.11 Å². The van der Waals surface area contributed by atoms with E-state index in [0.717, 1.165) is 5.56 Å². The van der Waals surface area contributed by atoms with E-state index in [1.54, 1.807) is 39.0 Å². The molecule has 1 rings (SSSR count). The van der Waals surface area contributed by atoms with Gasteiger partial charge in [-0.1, -0.05) is 38.5 Å². The monoisotopic (exact) mass is 249 g/mol. The highest BCUT2D eigenvalue weighted by atomic mass is 16.4. The number of carboxylic acids is 1. The van der Waals surface area contributed by atoms with Crippen molar-refractivity contribution in [3.8, 4) is 0 Å². The molecule has 0 aliphatic rings. The first-order valence-corrected chi connectivity index (χ1v) is 5.82. The van der Waals surface area contributed by atoms with E-state index in [2.05, 4.69) is 5.32 Å². The predicted molar refractivity (Wildman–Crippen MR) is 69.5 cm³/mol. The van der Waals surface area contributed by atoms with E-state index in [-0.39, 0.29) is 5.91 Å². The summed E-state index contributed by atoms with van der Waals surface area (Å²) in [5, 5.41) is 11.7. The molecule has 0 spiro atoms. The molecule has 0 fully saturated rings. The van der Waals surface area contributed by atoms with E-state index in [1.807, 2.05) is 13.0 Å². The lowest BCUT2D eigenvalue weighted by Gasteiger charge is -2.27. The SMILES string of the molecule is Cc1cccc(C(=O)NC(C(=O)O)C(C)(C)C)c1. The molecular formula is C14H19NO3. The molecular weight excluding hydrogens is 230 g/mol. The Hall–Kier alpha value is -1.84. The average Bonchev–Trinajstić information content (AvgIpc) is 2.23. The average molecular weight is 249 g/mol. The third-order valence-corrected chi connectivity index (χ3v) is 2.67. The molecule has 0 aliphatic carbocycles. The minimum Gasteiger partial charge on any atom is -0.480 e. The van der Waals surface area contributed by atoms with Crippen LogP contribution in [0.2, 0.25) is 0 Å². The van der Waals surface area contributed by atoms with Crippen molar-refractivity contribution >= 4 is 11.9 Å². The summed E-state index contributed by atoms with van der Waals surface area (Å²) in [7, 11) is 0. The van der Waals surface area contributed by atoms with Crippen LogP contribution in [0, 0.1) is 12.3 Å². The molecule has 0 bridgehead atoms. The molecule has 18 heavy (non-hydrogen) atoms. The summed E-state index contributed by atoms with van der Waals surface area (Å²) in [6.45, 7) is 7.22. The molecule has 98 valence electrons. The molecule has 0 saturated heterocycles. The molecule has 4 nitrogen and oxygen atoms in total. The highest BCUT2D eigenvalue weighted by Crippen LogP contribution is 2.20. The Morgan fingerprint density at radius 2 is 1.89 bits per heavy atom. The number of nitrogens with one attached hydrogen (secondary N) is 1. The zero-order valence-corrected chi connectivity index (χ0v) is 11.2. The number of benzene rings is 1. The Kier molecular flexibility index (Phi) is 4.11. The number of hydrogen-bond acceptors (Lipinski definition) is 2. The van der Waals surface area contributed by atoms with Crippen LogP contribution in [-0.4, -0.2) is 23.0 Å². The number of aliphatic carboxylic acids is 1. The molecule has 1 amide bonds. The van der Waals surface area contributed by atoms with Crippen LogP contribution >= 0.6 is 0 Å². The van der Waals surface area contributed by atoms with Crippen LogP contribution in [0.25, 0.3) is 0 Å². The third-order valence-electron chi connectivity index (χ3n) is 2.67. The van der Waals surface area contributed by atoms with Crippen LogP contribution < -0.4 is 5.32 Å². The van der Waals surface area contributed by atoms with E-state index >= 15 is 0 Å². The number of aryl methyl sites for hydroxylation is 1. The molecule has 1 aromatic carbocycles. The normalized spacial score (nSPS) is 12.9. The first-order chi connectivity index (χ1) is 8.21. The van der Waals surface area contributed by atoms with Gasteiger partial charge in [0.2, 0.25) is 0 Å². The molecule has 2 N–H and O–H groups in total. The molecule has 0 heterocycles. The minimum absolute atomic E-state index is 0.360. The first-order valence-electron chi connectivity index (χ1n) is 5.82. The van der Waals surface area contributed by atoms with Crippen LogP contribution in [0.3, 0.4) is 0 Å². The van der Waals surface area contributed by atoms with E-state index in [0.29, 0.717) is 5.56 Å². The van der Waals surface area contributed by atoms with Crippen molar-refractivity contribution in [3.05, 3.63) is 35.4 Å². The fraction of sp³-hybridized carbons (Fsp3) is 0.429. The number of carboxylic acid groups (broad SMARTS) is 1. The Bertz CT molecular complexity index is 460. The second-order valence-electron chi connectivity index (χ2n) is 5.48. The van der Waals surface area contributed by atoms with Gasteiger partial charge in [-0.2, -0.15) is 0 Å². The van der Waals surface area contributed by atoms with Gasteiger partial charge in [-0.15, -0.1) is 0 Å². The lowest BCUT2D eigenvalue weighted by atomic mass is 9.86. The maximum absolute atomic E-state index is 12.0. The summed E-state index contributed by atoms with van der Waals surface area (Å²) in [6.07, 6.45) is 0. The number of amides is 1. The van der Waals surface area contributed by atoms with Gasteiger partial charge in [-0.25, -0.2) is 4.79 Å². The highest BCUT2D eigenvalue weighted by Gasteiger charge is 2.32. The smallest absolute Gasteiger partial charge is 0.326 e. The van der Waals surface area contributed by atoms with Gasteiger partial charge in [0.15, 0.2) is 0 Å².